The van der Waals surface area contributed by atoms with Gasteiger partial charge < -0.3 is 13.9 Å². The summed E-state index contributed by atoms with van der Waals surface area (Å²) in [4.78, 5) is 6.96. The summed E-state index contributed by atoms with van der Waals surface area (Å²) in [5, 5.41) is 5.68. The molecular formula is C51H33N3O. The minimum atomic E-state index is 0.869. The van der Waals surface area contributed by atoms with Crippen molar-refractivity contribution in [3.8, 4) is 27.9 Å². The summed E-state index contributed by atoms with van der Waals surface area (Å²) in [5.74, 6) is 0. The molecule has 0 N–H and O–H groups in total. The van der Waals surface area contributed by atoms with Crippen molar-refractivity contribution in [3.05, 3.63) is 200 Å². The van der Waals surface area contributed by atoms with Crippen molar-refractivity contribution in [1.29, 1.82) is 0 Å². The molecule has 0 saturated heterocycles. The van der Waals surface area contributed by atoms with Crippen LogP contribution in [0.5, 0.6) is 0 Å². The molecule has 8 aromatic carbocycles. The minimum Gasteiger partial charge on any atom is -0.455 e. The van der Waals surface area contributed by atoms with Gasteiger partial charge in [-0.2, -0.15) is 0 Å². The number of aromatic nitrogens is 2. The lowest BCUT2D eigenvalue weighted by Crippen LogP contribution is -2.11. The van der Waals surface area contributed by atoms with Crippen LogP contribution in [0.3, 0.4) is 0 Å². The highest BCUT2D eigenvalue weighted by Crippen LogP contribution is 2.45. The Hall–Kier alpha value is -7.43. The van der Waals surface area contributed by atoms with Gasteiger partial charge in [-0.25, -0.2) is 0 Å². The second-order valence-electron chi connectivity index (χ2n) is 13.9. The maximum atomic E-state index is 6.51. The molecule has 4 nitrogen and oxygen atoms in total. The summed E-state index contributed by atoms with van der Waals surface area (Å²) in [5.41, 5.74) is 14.0. The fourth-order valence-electron chi connectivity index (χ4n) is 8.38. The van der Waals surface area contributed by atoms with Gasteiger partial charge in [0.25, 0.3) is 0 Å². The molecule has 55 heavy (non-hydrogen) atoms. The van der Waals surface area contributed by atoms with E-state index < -0.39 is 0 Å². The Morgan fingerprint density at radius 2 is 1.13 bits per heavy atom. The quantitative estimate of drug-likeness (QED) is 0.173. The molecule has 4 heteroatoms. The number of anilines is 3. The van der Waals surface area contributed by atoms with E-state index in [-0.39, 0.29) is 0 Å². The number of fused-ring (bicyclic) bond motifs is 8. The van der Waals surface area contributed by atoms with Gasteiger partial charge in [-0.05, 0) is 95.6 Å². The van der Waals surface area contributed by atoms with E-state index in [9.17, 15) is 0 Å². The van der Waals surface area contributed by atoms with E-state index in [0.717, 1.165) is 77.8 Å². The van der Waals surface area contributed by atoms with Crippen LogP contribution in [0.1, 0.15) is 0 Å². The maximum Gasteiger partial charge on any atom is 0.144 e. The van der Waals surface area contributed by atoms with Crippen LogP contribution in [-0.2, 0) is 0 Å². The molecule has 0 unspecified atom stereocenters. The van der Waals surface area contributed by atoms with Crippen molar-refractivity contribution in [2.45, 2.75) is 0 Å². The third-order valence-corrected chi connectivity index (χ3v) is 10.8. The van der Waals surface area contributed by atoms with Gasteiger partial charge >= 0.3 is 0 Å². The van der Waals surface area contributed by atoms with Crippen LogP contribution >= 0.6 is 0 Å². The first-order valence-electron chi connectivity index (χ1n) is 18.6. The molecule has 11 rings (SSSR count). The topological polar surface area (TPSA) is 34.2 Å². The zero-order chi connectivity index (χ0) is 36.3. The highest BCUT2D eigenvalue weighted by Gasteiger charge is 2.21. The molecule has 0 radical (unpaired) electrons. The van der Waals surface area contributed by atoms with Gasteiger partial charge in [0, 0.05) is 55.8 Å². The summed E-state index contributed by atoms with van der Waals surface area (Å²) in [6.45, 7) is 0. The minimum absolute atomic E-state index is 0.869. The summed E-state index contributed by atoms with van der Waals surface area (Å²) in [7, 11) is 0. The lowest BCUT2D eigenvalue weighted by molar-refractivity contribution is 0.672. The molecule has 0 bridgehead atoms. The van der Waals surface area contributed by atoms with Crippen LogP contribution < -0.4 is 4.90 Å². The van der Waals surface area contributed by atoms with Gasteiger partial charge in [0.15, 0.2) is 0 Å². The molecule has 3 heterocycles. The van der Waals surface area contributed by atoms with E-state index in [1.54, 1.807) is 0 Å². The molecule has 0 fully saturated rings. The maximum absolute atomic E-state index is 6.51. The van der Waals surface area contributed by atoms with Crippen LogP contribution in [0.15, 0.2) is 205 Å². The van der Waals surface area contributed by atoms with Gasteiger partial charge in [-0.1, -0.05) is 115 Å². The molecule has 0 amide bonds. The SMILES string of the molecule is c1ccc(-c2ccccc2N(c2ccc(-c3cccc4oc5c6cccnc6ccc5c34)cc2)c2ccc3c4ccccc4n(-c4ccccc4)c3c2)cc1. The number of furan rings is 1. The second-order valence-corrected chi connectivity index (χ2v) is 13.9. The van der Waals surface area contributed by atoms with E-state index in [2.05, 4.69) is 203 Å². The Morgan fingerprint density at radius 1 is 0.455 bits per heavy atom. The molecule has 0 aliphatic carbocycles. The molecular weight excluding hydrogens is 671 g/mol. The molecule has 3 aromatic heterocycles. The smallest absolute Gasteiger partial charge is 0.144 e. The summed E-state index contributed by atoms with van der Waals surface area (Å²) < 4.78 is 8.89. The van der Waals surface area contributed by atoms with E-state index in [4.69, 9.17) is 4.42 Å². The van der Waals surface area contributed by atoms with Crippen molar-refractivity contribution < 1.29 is 4.42 Å². The van der Waals surface area contributed by atoms with Gasteiger partial charge in [0.1, 0.15) is 11.2 Å². The van der Waals surface area contributed by atoms with Crippen molar-refractivity contribution in [2.24, 2.45) is 0 Å². The van der Waals surface area contributed by atoms with Gasteiger partial charge in [0.05, 0.1) is 22.2 Å². The lowest BCUT2D eigenvalue weighted by atomic mass is 9.98. The predicted molar refractivity (Wildman–Crippen MR) is 229 cm³/mol. The highest BCUT2D eigenvalue weighted by atomic mass is 16.3. The summed E-state index contributed by atoms with van der Waals surface area (Å²) >= 11 is 0. The van der Waals surface area contributed by atoms with Crippen LogP contribution in [-0.4, -0.2) is 9.55 Å². The Balaban J connectivity index is 1.11. The first kappa shape index (κ1) is 31.1. The van der Waals surface area contributed by atoms with Gasteiger partial charge in [-0.3, -0.25) is 4.98 Å². The second kappa shape index (κ2) is 12.6. The highest BCUT2D eigenvalue weighted by molar-refractivity contribution is 6.18. The third-order valence-electron chi connectivity index (χ3n) is 10.8. The molecule has 258 valence electrons. The zero-order valence-electron chi connectivity index (χ0n) is 29.8. The Kier molecular flexibility index (Phi) is 7.14. The number of para-hydroxylation sites is 3. The average Bonchev–Trinajstić information content (AvgIpc) is 3.81. The van der Waals surface area contributed by atoms with Crippen molar-refractivity contribution in [3.63, 3.8) is 0 Å². The van der Waals surface area contributed by atoms with Crippen LogP contribution in [0.2, 0.25) is 0 Å². The standard InChI is InChI=1S/C51H33N3O/c1-3-13-34(14-4-1)39-17-7-9-21-46(39)53(38-28-29-42-41-18-8-10-22-47(41)54(48(42)33-38)36-15-5-2-6-16-36)37-26-24-35(25-27-37)40-19-11-23-49-50(40)44-30-31-45-43(51(44)55-49)20-12-32-52-45/h1-33H. The largest absolute Gasteiger partial charge is 0.455 e. The van der Waals surface area contributed by atoms with Crippen LogP contribution in [0, 0.1) is 0 Å². The number of benzene rings is 8. The zero-order valence-corrected chi connectivity index (χ0v) is 29.8. The first-order valence-corrected chi connectivity index (χ1v) is 18.6. The molecule has 0 saturated carbocycles. The molecule has 0 aliphatic heterocycles. The number of hydrogen-bond acceptors (Lipinski definition) is 3. The molecule has 0 atom stereocenters. The summed E-state index contributed by atoms with van der Waals surface area (Å²) in [6, 6.07) is 69.2. The van der Waals surface area contributed by atoms with E-state index in [1.807, 2.05) is 12.3 Å². The third kappa shape index (κ3) is 5.03. The van der Waals surface area contributed by atoms with E-state index >= 15 is 0 Å². The Bertz CT molecular complexity index is 3200. The summed E-state index contributed by atoms with van der Waals surface area (Å²) in [6.07, 6.45) is 1.83. The number of hydrogen-bond donors (Lipinski definition) is 0. The monoisotopic (exact) mass is 703 g/mol. The van der Waals surface area contributed by atoms with Gasteiger partial charge in [-0.15, -0.1) is 0 Å². The number of nitrogens with zero attached hydrogens (tertiary/aromatic N) is 3. The first-order chi connectivity index (χ1) is 27.3. The average molecular weight is 704 g/mol. The fourth-order valence-corrected chi connectivity index (χ4v) is 8.38. The fraction of sp³-hybridized carbons (Fsp3) is 0. The van der Waals surface area contributed by atoms with E-state index in [1.165, 1.54) is 21.9 Å². The lowest BCUT2D eigenvalue weighted by Gasteiger charge is -2.28. The molecule has 0 aliphatic rings. The Labute approximate surface area is 317 Å². The Morgan fingerprint density at radius 3 is 2.00 bits per heavy atom. The van der Waals surface area contributed by atoms with Crippen LogP contribution in [0.4, 0.5) is 17.1 Å². The molecule has 11 aromatic rings. The number of pyridine rings is 1. The van der Waals surface area contributed by atoms with E-state index in [0.29, 0.717) is 0 Å². The predicted octanol–water partition coefficient (Wildman–Crippen LogP) is 14.0. The van der Waals surface area contributed by atoms with Crippen molar-refractivity contribution in [1.82, 2.24) is 9.55 Å². The molecule has 0 spiro atoms. The van der Waals surface area contributed by atoms with Crippen molar-refractivity contribution in [2.75, 3.05) is 4.90 Å². The number of rotatable bonds is 6. The normalized spacial score (nSPS) is 11.6. The van der Waals surface area contributed by atoms with Gasteiger partial charge in [0.2, 0.25) is 0 Å². The van der Waals surface area contributed by atoms with Crippen LogP contribution in [0.25, 0.3) is 82.6 Å². The van der Waals surface area contributed by atoms with Crippen molar-refractivity contribution >= 4 is 71.7 Å².